The average Bonchev–Trinajstić information content (AvgIpc) is 2.78. The van der Waals surface area contributed by atoms with Crippen LogP contribution in [-0.4, -0.2) is 31.1 Å². The number of alkyl halides is 3. The molecule has 0 aliphatic heterocycles. The minimum absolute atomic E-state index is 0.0978. The molecule has 0 unspecified atom stereocenters. The van der Waals surface area contributed by atoms with E-state index in [1.165, 1.54) is 19.9 Å². The third kappa shape index (κ3) is 3.53. The average molecular weight is 370 g/mol. The minimum atomic E-state index is -4.56. The number of rotatable bonds is 4. The highest BCUT2D eigenvalue weighted by molar-refractivity contribution is 5.91. The number of anilines is 1. The summed E-state index contributed by atoms with van der Waals surface area (Å²) >= 11 is 0. The molecular weight excluding hydrogens is 349 g/mol. The molecule has 2 aromatic heterocycles. The maximum Gasteiger partial charge on any atom is 0.433 e. The van der Waals surface area contributed by atoms with Gasteiger partial charge in [-0.05, 0) is 52.2 Å². The molecule has 1 saturated carbocycles. The number of aromatic nitrogens is 3. The first kappa shape index (κ1) is 18.6. The summed E-state index contributed by atoms with van der Waals surface area (Å²) in [5.41, 5.74) is -2.28. The monoisotopic (exact) mass is 370 g/mol. The van der Waals surface area contributed by atoms with Crippen molar-refractivity contribution in [2.75, 3.05) is 5.32 Å². The number of carbonyl (C=O) groups excluding carboxylic acids is 1. The number of hydrogen-bond acceptors (Lipinski definition) is 4. The van der Waals surface area contributed by atoms with Crippen LogP contribution in [0.3, 0.4) is 0 Å². The number of nitrogens with one attached hydrogen (secondary N) is 1. The van der Waals surface area contributed by atoms with Crippen LogP contribution >= 0.6 is 0 Å². The van der Waals surface area contributed by atoms with Crippen molar-refractivity contribution in [3.05, 3.63) is 17.8 Å². The summed E-state index contributed by atoms with van der Waals surface area (Å²) < 4.78 is 40.7. The van der Waals surface area contributed by atoms with E-state index in [0.29, 0.717) is 0 Å². The number of carbonyl (C=O) groups is 1. The molecule has 0 bridgehead atoms. The molecule has 1 aliphatic carbocycles. The zero-order chi connectivity index (χ0) is 19.3. The normalized spacial score (nSPS) is 17.2. The zero-order valence-corrected chi connectivity index (χ0v) is 14.8. The van der Waals surface area contributed by atoms with Gasteiger partial charge < -0.3 is 5.11 Å². The molecule has 0 spiro atoms. The van der Waals surface area contributed by atoms with Gasteiger partial charge in [0.05, 0.1) is 12.0 Å². The summed E-state index contributed by atoms with van der Waals surface area (Å²) in [6.07, 6.45) is -2.27. The topological polar surface area (TPSA) is 80.0 Å². The lowest BCUT2D eigenvalue weighted by atomic mass is 9.78. The van der Waals surface area contributed by atoms with Crippen molar-refractivity contribution >= 4 is 23.0 Å². The number of hydrogen-bond donors (Lipinski definition) is 2. The van der Waals surface area contributed by atoms with Gasteiger partial charge in [-0.3, -0.25) is 14.7 Å². The third-order valence-corrected chi connectivity index (χ3v) is 4.61. The first-order valence-electron chi connectivity index (χ1n) is 8.38. The Labute approximate surface area is 148 Å². The van der Waals surface area contributed by atoms with Gasteiger partial charge in [0.1, 0.15) is 11.2 Å². The van der Waals surface area contributed by atoms with Crippen LogP contribution in [0.1, 0.15) is 52.1 Å². The summed E-state index contributed by atoms with van der Waals surface area (Å²) in [5, 5.41) is 12.4. The van der Waals surface area contributed by atoms with Crippen LogP contribution in [0.4, 0.5) is 19.1 Å². The zero-order valence-electron chi connectivity index (χ0n) is 14.8. The molecule has 9 heteroatoms. The maximum absolute atomic E-state index is 13.1. The van der Waals surface area contributed by atoms with Gasteiger partial charge in [-0.2, -0.15) is 13.2 Å². The van der Waals surface area contributed by atoms with E-state index in [1.54, 1.807) is 4.57 Å². The molecule has 1 aliphatic rings. The highest BCUT2D eigenvalue weighted by atomic mass is 19.4. The van der Waals surface area contributed by atoms with E-state index >= 15 is 0 Å². The fraction of sp³-hybridized carbons (Fsp3) is 0.588. The summed E-state index contributed by atoms with van der Waals surface area (Å²) in [6, 6.07) is 2.14. The van der Waals surface area contributed by atoms with Crippen LogP contribution in [0.15, 0.2) is 12.1 Å². The number of imidazole rings is 1. The summed E-state index contributed by atoms with van der Waals surface area (Å²) in [7, 11) is 0. The first-order valence-corrected chi connectivity index (χ1v) is 8.38. The van der Waals surface area contributed by atoms with Gasteiger partial charge in [-0.15, -0.1) is 0 Å². The molecule has 26 heavy (non-hydrogen) atoms. The molecule has 3 rings (SSSR count). The molecular formula is C17H21F3N4O2. The highest BCUT2D eigenvalue weighted by Gasteiger charge is 2.39. The fourth-order valence-corrected chi connectivity index (χ4v) is 3.18. The number of fused-ring (bicyclic) bond motifs is 1. The Morgan fingerprint density at radius 1 is 1.31 bits per heavy atom. The molecule has 6 nitrogen and oxygen atoms in total. The van der Waals surface area contributed by atoms with Gasteiger partial charge in [0.25, 0.3) is 0 Å². The van der Waals surface area contributed by atoms with Crippen molar-refractivity contribution < 1.29 is 23.1 Å². The third-order valence-electron chi connectivity index (χ3n) is 4.61. The van der Waals surface area contributed by atoms with Crippen molar-refractivity contribution in [2.45, 2.75) is 63.8 Å². The van der Waals surface area contributed by atoms with E-state index in [9.17, 15) is 23.1 Å². The lowest BCUT2D eigenvalue weighted by Crippen LogP contribution is -2.39. The van der Waals surface area contributed by atoms with Crippen molar-refractivity contribution in [3.8, 4) is 0 Å². The molecule has 1 amide bonds. The number of halogens is 3. The Bertz CT molecular complexity index is 848. The van der Waals surface area contributed by atoms with E-state index in [1.807, 2.05) is 6.92 Å². The lowest BCUT2D eigenvalue weighted by Gasteiger charge is -2.40. The Kier molecular flexibility index (Phi) is 4.25. The molecule has 0 atom stereocenters. The molecule has 2 aromatic rings. The second-order valence-corrected chi connectivity index (χ2v) is 7.70. The van der Waals surface area contributed by atoms with Crippen LogP contribution in [0, 0.1) is 0 Å². The molecule has 2 N–H and O–H groups in total. The van der Waals surface area contributed by atoms with E-state index < -0.39 is 28.9 Å². The van der Waals surface area contributed by atoms with Crippen molar-refractivity contribution in [1.82, 2.24) is 14.5 Å². The van der Waals surface area contributed by atoms with Gasteiger partial charge >= 0.3 is 6.18 Å². The maximum atomic E-state index is 13.1. The largest absolute Gasteiger partial charge is 0.433 e. The molecule has 0 aromatic carbocycles. The van der Waals surface area contributed by atoms with Gasteiger partial charge in [-0.1, -0.05) is 0 Å². The molecule has 142 valence electrons. The van der Waals surface area contributed by atoms with Gasteiger partial charge in [0, 0.05) is 5.54 Å². The summed E-state index contributed by atoms with van der Waals surface area (Å²) in [4.78, 5) is 20.2. The van der Waals surface area contributed by atoms with Crippen LogP contribution in [0.5, 0.6) is 0 Å². The molecule has 0 radical (unpaired) electrons. The van der Waals surface area contributed by atoms with Crippen molar-refractivity contribution in [2.24, 2.45) is 0 Å². The molecule has 0 saturated heterocycles. The van der Waals surface area contributed by atoms with Crippen molar-refractivity contribution in [1.29, 1.82) is 0 Å². The van der Waals surface area contributed by atoms with Crippen LogP contribution in [0.25, 0.3) is 11.2 Å². The van der Waals surface area contributed by atoms with Crippen LogP contribution in [-0.2, 0) is 16.5 Å². The Morgan fingerprint density at radius 3 is 2.46 bits per heavy atom. The lowest BCUT2D eigenvalue weighted by molar-refractivity contribution is -0.141. The highest BCUT2D eigenvalue weighted by Crippen LogP contribution is 2.43. The van der Waals surface area contributed by atoms with Gasteiger partial charge in [-0.25, -0.2) is 9.97 Å². The number of aliphatic hydroxyl groups is 1. The Hall–Kier alpha value is -2.16. The Morgan fingerprint density at radius 2 is 1.96 bits per heavy atom. The van der Waals surface area contributed by atoms with Crippen LogP contribution in [0.2, 0.25) is 0 Å². The second-order valence-electron chi connectivity index (χ2n) is 7.70. The van der Waals surface area contributed by atoms with E-state index in [0.717, 1.165) is 25.3 Å². The molecule has 1 fully saturated rings. The first-order chi connectivity index (χ1) is 11.9. The standard InChI is InChI=1S/C17H21F3N4O2/c1-15(2,26)9-12(25)23-14-21-10-5-6-11(17(18,19)20)22-13(10)24(14)16(3)7-4-8-16/h5-6,26H,4,7-9H2,1-3H3,(H,21,23,25). The van der Waals surface area contributed by atoms with Gasteiger partial charge in [0.2, 0.25) is 11.9 Å². The summed E-state index contributed by atoms with van der Waals surface area (Å²) in [6.45, 7) is 4.91. The van der Waals surface area contributed by atoms with E-state index in [-0.39, 0.29) is 23.5 Å². The molecule has 2 heterocycles. The number of amides is 1. The smallest absolute Gasteiger partial charge is 0.390 e. The second kappa shape index (κ2) is 5.94. The predicted molar refractivity (Wildman–Crippen MR) is 89.6 cm³/mol. The van der Waals surface area contributed by atoms with E-state index in [2.05, 4.69) is 15.3 Å². The van der Waals surface area contributed by atoms with E-state index in [4.69, 9.17) is 0 Å². The fourth-order valence-electron chi connectivity index (χ4n) is 3.18. The quantitative estimate of drug-likeness (QED) is 0.864. The minimum Gasteiger partial charge on any atom is -0.390 e. The number of nitrogens with zero attached hydrogens (tertiary/aromatic N) is 3. The Balaban J connectivity index is 2.08. The van der Waals surface area contributed by atoms with Gasteiger partial charge in [0.15, 0.2) is 5.65 Å². The summed E-state index contributed by atoms with van der Waals surface area (Å²) in [5.74, 6) is -0.309. The van der Waals surface area contributed by atoms with Crippen molar-refractivity contribution in [3.63, 3.8) is 0 Å². The number of pyridine rings is 1. The van der Waals surface area contributed by atoms with Crippen LogP contribution < -0.4 is 5.32 Å². The predicted octanol–water partition coefficient (Wildman–Crippen LogP) is 3.45. The SMILES string of the molecule is CC(C)(O)CC(=O)Nc1nc2ccc(C(F)(F)F)nc2n1C1(C)CCC1.